The molecule has 0 atom stereocenters. The van der Waals surface area contributed by atoms with Crippen LogP contribution in [0.15, 0.2) is 65.2 Å². The van der Waals surface area contributed by atoms with E-state index in [-0.39, 0.29) is 17.6 Å². The van der Waals surface area contributed by atoms with Crippen molar-refractivity contribution in [2.75, 3.05) is 55.4 Å². The molecule has 1 fully saturated rings. The maximum absolute atomic E-state index is 13.6. The number of rotatable bonds is 7. The van der Waals surface area contributed by atoms with Crippen LogP contribution in [0.5, 0.6) is 5.75 Å². The number of benzene rings is 3. The molecule has 11 nitrogen and oxygen atoms in total. The van der Waals surface area contributed by atoms with Crippen molar-refractivity contribution < 1.29 is 29.9 Å². The van der Waals surface area contributed by atoms with Crippen LogP contribution in [0, 0.1) is 6.92 Å². The molecule has 0 saturated carbocycles. The first-order valence-electron chi connectivity index (χ1n) is 13.4. The molecule has 0 unspecified atom stereocenters. The normalized spacial score (nSPS) is 13.3. The Bertz CT molecular complexity index is 1610. The molecule has 12 heteroatoms. The Morgan fingerprint density at radius 1 is 1.05 bits per heavy atom. The number of piperazine rings is 1. The number of quaternary nitrogens is 1. The van der Waals surface area contributed by atoms with Crippen molar-refractivity contribution in [1.82, 2.24) is 10.1 Å². The number of halogens is 1. The Balaban J connectivity index is 1.32. The van der Waals surface area contributed by atoms with Crippen molar-refractivity contribution in [3.63, 3.8) is 0 Å². The first kappa shape index (κ1) is 28.9. The maximum atomic E-state index is 13.6. The van der Waals surface area contributed by atoms with Crippen LogP contribution in [-0.2, 0) is 0 Å². The lowest BCUT2D eigenvalue weighted by Crippen LogP contribution is -2.74. The van der Waals surface area contributed by atoms with Crippen LogP contribution in [0.3, 0.4) is 0 Å². The fraction of sp³-hybridized carbons (Fsp3) is 0.233. The van der Waals surface area contributed by atoms with Gasteiger partial charge in [-0.2, -0.15) is 5.48 Å². The van der Waals surface area contributed by atoms with E-state index in [0.29, 0.717) is 76.4 Å². The van der Waals surface area contributed by atoms with Crippen molar-refractivity contribution in [2.45, 2.75) is 6.92 Å². The van der Waals surface area contributed by atoms with Crippen LogP contribution in [0.1, 0.15) is 26.5 Å². The van der Waals surface area contributed by atoms with E-state index in [4.69, 9.17) is 16.1 Å². The number of carbonyl (C=O) groups excluding carboxylic acids is 2. The van der Waals surface area contributed by atoms with Crippen LogP contribution in [0.25, 0.3) is 11.3 Å². The fourth-order valence-corrected chi connectivity index (χ4v) is 5.22. The second-order valence-corrected chi connectivity index (χ2v) is 10.6. The Labute approximate surface area is 247 Å². The van der Waals surface area contributed by atoms with Crippen molar-refractivity contribution in [3.05, 3.63) is 82.6 Å². The fourth-order valence-electron chi connectivity index (χ4n) is 4.93. The number of aromatic hydroxyl groups is 1. The highest BCUT2D eigenvalue weighted by Gasteiger charge is 2.30. The number of anilines is 3. The van der Waals surface area contributed by atoms with Gasteiger partial charge in [0.25, 0.3) is 11.8 Å². The van der Waals surface area contributed by atoms with Gasteiger partial charge in [-0.25, -0.2) is 5.21 Å². The van der Waals surface area contributed by atoms with E-state index in [1.807, 2.05) is 36.0 Å². The number of para-hydroxylation sites is 1. The van der Waals surface area contributed by atoms with Crippen molar-refractivity contribution in [2.24, 2.45) is 0 Å². The average Bonchev–Trinajstić information content (AvgIpc) is 3.38. The van der Waals surface area contributed by atoms with Gasteiger partial charge in [0.2, 0.25) is 0 Å². The lowest BCUT2D eigenvalue weighted by molar-refractivity contribution is -0.825. The summed E-state index contributed by atoms with van der Waals surface area (Å²) in [6, 6.07) is 17.2. The Kier molecular flexibility index (Phi) is 8.34. The minimum Gasteiger partial charge on any atom is -0.507 e. The Morgan fingerprint density at radius 2 is 1.74 bits per heavy atom. The first-order valence-corrected chi connectivity index (χ1v) is 13.7. The number of phenolic OH excluding ortho intramolecular Hbond substituents is 1. The molecule has 1 aliphatic heterocycles. The number of hydrogen-bond acceptors (Lipinski definition) is 8. The quantitative estimate of drug-likeness (QED) is 0.188. The van der Waals surface area contributed by atoms with Crippen LogP contribution in [0.4, 0.5) is 22.7 Å². The maximum Gasteiger partial charge on any atom is 0.259 e. The van der Waals surface area contributed by atoms with Crippen molar-refractivity contribution in [1.29, 1.82) is 0 Å². The van der Waals surface area contributed by atoms with Gasteiger partial charge in [-0.15, -0.1) is 0 Å². The van der Waals surface area contributed by atoms with Crippen LogP contribution in [0.2, 0.25) is 5.02 Å². The molecule has 0 bridgehead atoms. The van der Waals surface area contributed by atoms with Gasteiger partial charge in [-0.1, -0.05) is 28.9 Å². The molecule has 1 aromatic heterocycles. The molecule has 2 heterocycles. The first-order chi connectivity index (χ1) is 20.2. The molecule has 0 spiro atoms. The third kappa shape index (κ3) is 5.75. The summed E-state index contributed by atoms with van der Waals surface area (Å²) in [5.74, 6) is -0.180. The molecular formula is C30H32ClN6O5+. The number of nitrogens with one attached hydrogen (secondary N) is 1. The van der Waals surface area contributed by atoms with Crippen LogP contribution < -0.4 is 20.6 Å². The van der Waals surface area contributed by atoms with Crippen molar-refractivity contribution in [3.8, 4) is 17.0 Å². The predicted octanol–water partition coefficient (Wildman–Crippen LogP) is 3.87. The second-order valence-electron chi connectivity index (χ2n) is 10.2. The van der Waals surface area contributed by atoms with Gasteiger partial charge < -0.3 is 29.6 Å². The predicted molar refractivity (Wildman–Crippen MR) is 160 cm³/mol. The van der Waals surface area contributed by atoms with E-state index in [1.54, 1.807) is 54.3 Å². The molecule has 0 aliphatic carbocycles. The van der Waals surface area contributed by atoms with E-state index >= 15 is 0 Å². The minimum absolute atomic E-state index is 0.0105. The number of phenols is 1. The highest BCUT2D eigenvalue weighted by Crippen LogP contribution is 2.36. The number of aryl methyl sites for hydroxylation is 1. The molecule has 218 valence electrons. The SMILES string of the molecule is Cc1onc(-c2ccccc2O)c1C(=O)N1CCN(c2cc(NC(=O)c3ccc(N(C)C)cc3)c([NH2+]O)cc2Cl)CC1. The van der Waals surface area contributed by atoms with E-state index in [2.05, 4.69) is 10.5 Å². The number of nitrogens with zero attached hydrogens (tertiary/aromatic N) is 4. The van der Waals surface area contributed by atoms with Crippen LogP contribution >= 0.6 is 11.6 Å². The summed E-state index contributed by atoms with van der Waals surface area (Å²) in [5, 5.41) is 27.5. The lowest BCUT2D eigenvalue weighted by atomic mass is 10.0. The molecule has 1 saturated heterocycles. The number of nitrogens with two attached hydrogens (primary N) is 1. The van der Waals surface area contributed by atoms with Gasteiger partial charge in [-0.05, 0) is 49.4 Å². The number of hydrogen-bond donors (Lipinski definition) is 4. The Morgan fingerprint density at radius 3 is 2.38 bits per heavy atom. The molecule has 1 aliphatic rings. The van der Waals surface area contributed by atoms with Crippen LogP contribution in [-0.4, -0.2) is 72.5 Å². The van der Waals surface area contributed by atoms with Gasteiger partial charge in [0.15, 0.2) is 5.69 Å². The highest BCUT2D eigenvalue weighted by molar-refractivity contribution is 6.33. The van der Waals surface area contributed by atoms with Gasteiger partial charge in [-0.3, -0.25) is 9.59 Å². The van der Waals surface area contributed by atoms with E-state index < -0.39 is 0 Å². The smallest absolute Gasteiger partial charge is 0.259 e. The molecule has 5 N–H and O–H groups in total. The zero-order valence-corrected chi connectivity index (χ0v) is 24.2. The largest absolute Gasteiger partial charge is 0.507 e. The standard InChI is InChI=1S/C30H31ClN6O5/c1-18-27(28(34-42-18)21-6-4-5-7-26(21)38)30(40)37-14-12-36(13-15-37)25-17-23(24(33-41)16-22(25)31)32-29(39)19-8-10-20(11-9-19)35(2)3/h4-11,16-17,33,38,41H,12-15H2,1-3H3,(H,32,39)/p+1. The molecular weight excluding hydrogens is 560 g/mol. The lowest BCUT2D eigenvalue weighted by Gasteiger charge is -2.36. The summed E-state index contributed by atoms with van der Waals surface area (Å²) in [4.78, 5) is 32.3. The van der Waals surface area contributed by atoms with Gasteiger partial charge >= 0.3 is 0 Å². The monoisotopic (exact) mass is 591 g/mol. The molecule has 2 amide bonds. The van der Waals surface area contributed by atoms with E-state index in [9.17, 15) is 19.9 Å². The molecule has 5 rings (SSSR count). The zero-order valence-electron chi connectivity index (χ0n) is 23.5. The zero-order chi connectivity index (χ0) is 30.0. The van der Waals surface area contributed by atoms with Gasteiger partial charge in [0.1, 0.15) is 28.5 Å². The average molecular weight is 592 g/mol. The molecule has 3 aromatic carbocycles. The number of amides is 2. The third-order valence-corrected chi connectivity index (χ3v) is 7.60. The summed E-state index contributed by atoms with van der Waals surface area (Å²) in [7, 11) is 3.85. The minimum atomic E-state index is -0.323. The highest BCUT2D eigenvalue weighted by atomic mass is 35.5. The summed E-state index contributed by atoms with van der Waals surface area (Å²) in [6.45, 7) is 3.42. The molecule has 4 aromatic rings. The molecule has 42 heavy (non-hydrogen) atoms. The summed E-state index contributed by atoms with van der Waals surface area (Å²) >= 11 is 6.60. The number of carbonyl (C=O) groups is 2. The summed E-state index contributed by atoms with van der Waals surface area (Å²) in [5.41, 5.74) is 4.83. The summed E-state index contributed by atoms with van der Waals surface area (Å²) < 4.78 is 5.34. The van der Waals surface area contributed by atoms with E-state index in [0.717, 1.165) is 11.2 Å². The number of aromatic nitrogens is 1. The second kappa shape index (κ2) is 12.1. The van der Waals surface area contributed by atoms with Gasteiger partial charge in [0.05, 0.1) is 10.7 Å². The topological polar surface area (TPSA) is 139 Å². The molecule has 0 radical (unpaired) electrons. The third-order valence-electron chi connectivity index (χ3n) is 7.30. The van der Waals surface area contributed by atoms with Crippen molar-refractivity contribution >= 4 is 46.2 Å². The summed E-state index contributed by atoms with van der Waals surface area (Å²) in [6.07, 6.45) is 0. The van der Waals surface area contributed by atoms with E-state index in [1.165, 1.54) is 6.07 Å². The van der Waals surface area contributed by atoms with Gasteiger partial charge in [0, 0.05) is 63.2 Å². The Hall–Kier alpha value is -4.58.